The molecule has 0 aliphatic heterocycles. The van der Waals surface area contributed by atoms with E-state index < -0.39 is 11.9 Å². The highest BCUT2D eigenvalue weighted by atomic mass is 16.5. The molecule has 7 heteroatoms. The number of hydrogen-bond acceptors (Lipinski definition) is 5. The normalized spacial score (nSPS) is 10.6. The van der Waals surface area contributed by atoms with Gasteiger partial charge in [0.05, 0.1) is 29.4 Å². The summed E-state index contributed by atoms with van der Waals surface area (Å²) in [5, 5.41) is 7.34. The Morgan fingerprint density at radius 1 is 1.03 bits per heavy atom. The topological polar surface area (TPSA) is 82.4 Å². The SMILES string of the molecule is CCOc1ccccc1CCC(=O)OCC(=O)Nc1c(C)nn(-c2ccc(C)cc2)c1C. The number of aryl methyl sites for hydroxylation is 3. The van der Waals surface area contributed by atoms with E-state index in [4.69, 9.17) is 9.47 Å². The van der Waals surface area contributed by atoms with E-state index in [-0.39, 0.29) is 13.0 Å². The molecule has 7 nitrogen and oxygen atoms in total. The van der Waals surface area contributed by atoms with E-state index in [0.29, 0.717) is 24.4 Å². The van der Waals surface area contributed by atoms with Crippen LogP contribution in [0.3, 0.4) is 0 Å². The molecule has 0 unspecified atom stereocenters. The third-order valence-electron chi connectivity index (χ3n) is 5.07. The van der Waals surface area contributed by atoms with Crippen LogP contribution in [-0.4, -0.2) is 34.9 Å². The Kier molecular flexibility index (Phi) is 7.65. The van der Waals surface area contributed by atoms with Crippen molar-refractivity contribution in [3.8, 4) is 11.4 Å². The van der Waals surface area contributed by atoms with Gasteiger partial charge in [0.15, 0.2) is 6.61 Å². The molecule has 0 saturated carbocycles. The van der Waals surface area contributed by atoms with Crippen molar-refractivity contribution >= 4 is 17.6 Å². The number of para-hydroxylation sites is 1. The van der Waals surface area contributed by atoms with Gasteiger partial charge in [0, 0.05) is 6.42 Å². The summed E-state index contributed by atoms with van der Waals surface area (Å²) in [4.78, 5) is 24.5. The molecule has 168 valence electrons. The number of anilines is 1. The van der Waals surface area contributed by atoms with E-state index >= 15 is 0 Å². The minimum Gasteiger partial charge on any atom is -0.494 e. The third kappa shape index (κ3) is 5.75. The molecule has 0 atom stereocenters. The van der Waals surface area contributed by atoms with E-state index in [2.05, 4.69) is 10.4 Å². The molecule has 0 spiro atoms. The summed E-state index contributed by atoms with van der Waals surface area (Å²) in [7, 11) is 0. The van der Waals surface area contributed by atoms with Crippen LogP contribution in [0, 0.1) is 20.8 Å². The third-order valence-corrected chi connectivity index (χ3v) is 5.07. The molecular formula is C25H29N3O4. The molecule has 2 aromatic carbocycles. The number of carbonyl (C=O) groups is 2. The Morgan fingerprint density at radius 3 is 2.47 bits per heavy atom. The Hall–Kier alpha value is -3.61. The molecular weight excluding hydrogens is 406 g/mol. The standard InChI is InChI=1S/C25H29N3O4/c1-5-31-22-9-7-6-8-20(22)12-15-24(30)32-16-23(29)26-25-18(3)27-28(19(25)4)21-13-10-17(2)11-14-21/h6-11,13-14H,5,12,15-16H2,1-4H3,(H,26,29). The second kappa shape index (κ2) is 10.6. The van der Waals surface area contributed by atoms with E-state index in [1.165, 1.54) is 0 Å². The Labute approximate surface area is 188 Å². The molecule has 1 aromatic heterocycles. The lowest BCUT2D eigenvalue weighted by Gasteiger charge is -2.10. The summed E-state index contributed by atoms with van der Waals surface area (Å²) in [6.07, 6.45) is 0.652. The number of ether oxygens (including phenoxy) is 2. The Bertz CT molecular complexity index is 1090. The predicted octanol–water partition coefficient (Wildman–Crippen LogP) is 4.31. The van der Waals surface area contributed by atoms with E-state index in [9.17, 15) is 9.59 Å². The van der Waals surface area contributed by atoms with Gasteiger partial charge in [0.2, 0.25) is 0 Å². The molecule has 3 aromatic rings. The van der Waals surface area contributed by atoms with Gasteiger partial charge in [0.25, 0.3) is 5.91 Å². The monoisotopic (exact) mass is 435 g/mol. The van der Waals surface area contributed by atoms with Crippen LogP contribution in [0.2, 0.25) is 0 Å². The number of esters is 1. The van der Waals surface area contributed by atoms with Crippen LogP contribution < -0.4 is 10.1 Å². The van der Waals surface area contributed by atoms with Gasteiger partial charge >= 0.3 is 5.97 Å². The Balaban J connectivity index is 1.54. The smallest absolute Gasteiger partial charge is 0.306 e. The van der Waals surface area contributed by atoms with Crippen molar-refractivity contribution in [3.05, 3.63) is 71.0 Å². The first-order chi connectivity index (χ1) is 15.4. The fourth-order valence-electron chi connectivity index (χ4n) is 3.40. The number of nitrogens with one attached hydrogen (secondary N) is 1. The van der Waals surface area contributed by atoms with Gasteiger partial charge in [-0.25, -0.2) is 4.68 Å². The zero-order chi connectivity index (χ0) is 23.1. The maximum absolute atomic E-state index is 12.4. The maximum atomic E-state index is 12.4. The number of benzene rings is 2. The van der Waals surface area contributed by atoms with Crippen LogP contribution in [0.1, 0.15) is 35.9 Å². The van der Waals surface area contributed by atoms with Crippen LogP contribution in [-0.2, 0) is 20.7 Å². The summed E-state index contributed by atoms with van der Waals surface area (Å²) in [6, 6.07) is 15.6. The first-order valence-corrected chi connectivity index (χ1v) is 10.7. The van der Waals surface area contributed by atoms with Crippen molar-refractivity contribution in [2.24, 2.45) is 0 Å². The van der Waals surface area contributed by atoms with Gasteiger partial charge in [-0.1, -0.05) is 35.9 Å². The number of nitrogens with zero attached hydrogens (tertiary/aromatic N) is 2. The van der Waals surface area contributed by atoms with Crippen molar-refractivity contribution in [3.63, 3.8) is 0 Å². The maximum Gasteiger partial charge on any atom is 0.306 e. The van der Waals surface area contributed by atoms with Crippen LogP contribution in [0.5, 0.6) is 5.75 Å². The number of aromatic nitrogens is 2. The minimum absolute atomic E-state index is 0.167. The zero-order valence-electron chi connectivity index (χ0n) is 19.0. The largest absolute Gasteiger partial charge is 0.494 e. The number of carbonyl (C=O) groups excluding carboxylic acids is 2. The van der Waals surface area contributed by atoms with Gasteiger partial charge in [-0.2, -0.15) is 5.10 Å². The average Bonchev–Trinajstić information content (AvgIpc) is 3.06. The van der Waals surface area contributed by atoms with Crippen molar-refractivity contribution in [1.82, 2.24) is 9.78 Å². The van der Waals surface area contributed by atoms with Crippen molar-refractivity contribution in [1.29, 1.82) is 0 Å². The first kappa shape index (κ1) is 23.1. The van der Waals surface area contributed by atoms with Gasteiger partial charge < -0.3 is 14.8 Å². The van der Waals surface area contributed by atoms with E-state index in [1.54, 1.807) is 4.68 Å². The fourth-order valence-corrected chi connectivity index (χ4v) is 3.40. The summed E-state index contributed by atoms with van der Waals surface area (Å²) in [6.45, 7) is 7.86. The van der Waals surface area contributed by atoms with Crippen molar-refractivity contribution in [2.75, 3.05) is 18.5 Å². The van der Waals surface area contributed by atoms with Gasteiger partial charge in [0.1, 0.15) is 5.75 Å². The van der Waals surface area contributed by atoms with Gasteiger partial charge in [-0.15, -0.1) is 0 Å². The van der Waals surface area contributed by atoms with Crippen LogP contribution in [0.15, 0.2) is 48.5 Å². The quantitative estimate of drug-likeness (QED) is 0.507. The number of hydrogen-bond donors (Lipinski definition) is 1. The van der Waals surface area contributed by atoms with Crippen LogP contribution >= 0.6 is 0 Å². The molecule has 3 rings (SSSR count). The highest BCUT2D eigenvalue weighted by Crippen LogP contribution is 2.23. The predicted molar refractivity (Wildman–Crippen MR) is 123 cm³/mol. The summed E-state index contributed by atoms with van der Waals surface area (Å²) < 4.78 is 12.5. The lowest BCUT2D eigenvalue weighted by molar-refractivity contribution is -0.147. The molecule has 0 bridgehead atoms. The average molecular weight is 436 g/mol. The highest BCUT2D eigenvalue weighted by molar-refractivity contribution is 5.94. The zero-order valence-corrected chi connectivity index (χ0v) is 19.0. The molecule has 0 saturated heterocycles. The summed E-state index contributed by atoms with van der Waals surface area (Å²) >= 11 is 0. The van der Waals surface area contributed by atoms with E-state index in [1.807, 2.05) is 76.2 Å². The van der Waals surface area contributed by atoms with Crippen LogP contribution in [0.4, 0.5) is 5.69 Å². The number of amides is 1. The lowest BCUT2D eigenvalue weighted by atomic mass is 10.1. The van der Waals surface area contributed by atoms with E-state index in [0.717, 1.165) is 28.3 Å². The van der Waals surface area contributed by atoms with Crippen LogP contribution in [0.25, 0.3) is 5.69 Å². The molecule has 1 heterocycles. The van der Waals surface area contributed by atoms with Crippen molar-refractivity contribution in [2.45, 2.75) is 40.5 Å². The Morgan fingerprint density at radius 2 is 1.75 bits per heavy atom. The van der Waals surface area contributed by atoms with Crippen molar-refractivity contribution < 1.29 is 19.1 Å². The minimum atomic E-state index is -0.435. The van der Waals surface area contributed by atoms with Gasteiger partial charge in [-0.3, -0.25) is 9.59 Å². The highest BCUT2D eigenvalue weighted by Gasteiger charge is 2.16. The molecule has 0 aliphatic carbocycles. The number of rotatable bonds is 9. The molecule has 1 amide bonds. The second-order valence-corrected chi connectivity index (χ2v) is 7.54. The molecule has 0 radical (unpaired) electrons. The second-order valence-electron chi connectivity index (χ2n) is 7.54. The molecule has 0 fully saturated rings. The van der Waals surface area contributed by atoms with Gasteiger partial charge in [-0.05, 0) is 57.9 Å². The molecule has 32 heavy (non-hydrogen) atoms. The molecule has 1 N–H and O–H groups in total. The first-order valence-electron chi connectivity index (χ1n) is 10.7. The summed E-state index contributed by atoms with van der Waals surface area (Å²) in [5.74, 6) is -0.0740. The fraction of sp³-hybridized carbons (Fsp3) is 0.320. The molecule has 0 aliphatic rings. The lowest BCUT2D eigenvalue weighted by Crippen LogP contribution is -2.21. The summed E-state index contributed by atoms with van der Waals surface area (Å²) in [5.41, 5.74) is 5.12.